The van der Waals surface area contributed by atoms with E-state index >= 15 is 0 Å². The van der Waals surface area contributed by atoms with Crippen LogP contribution in [0.5, 0.6) is 0 Å². The number of carbonyl (C=O) groups excluding carboxylic acids is 1. The molecule has 2 aromatic rings. The Labute approximate surface area is 114 Å². The molecule has 2 rings (SSSR count). The minimum absolute atomic E-state index is 0.135. The summed E-state index contributed by atoms with van der Waals surface area (Å²) in [4.78, 5) is 12.2. The number of anilines is 1. The Kier molecular flexibility index (Phi) is 3.53. The Balaban J connectivity index is 2.48. The second kappa shape index (κ2) is 5.00. The van der Waals surface area contributed by atoms with Gasteiger partial charge in [-0.1, -0.05) is 35.9 Å². The molecule has 2 nitrogen and oxygen atoms in total. The van der Waals surface area contributed by atoms with E-state index in [0.717, 1.165) is 11.6 Å². The molecule has 0 atom stereocenters. The van der Waals surface area contributed by atoms with Gasteiger partial charge in [-0.15, -0.1) is 0 Å². The van der Waals surface area contributed by atoms with E-state index in [2.05, 4.69) is 0 Å². The summed E-state index contributed by atoms with van der Waals surface area (Å²) >= 11 is 0. The Bertz CT molecular complexity index is 645. The highest BCUT2D eigenvalue weighted by Gasteiger charge is 2.34. The first-order chi connectivity index (χ1) is 9.30. The Morgan fingerprint density at radius 1 is 1.05 bits per heavy atom. The summed E-state index contributed by atoms with van der Waals surface area (Å²) in [6.45, 7) is 1.85. The zero-order valence-corrected chi connectivity index (χ0v) is 10.7. The first-order valence-corrected chi connectivity index (χ1v) is 5.88. The fourth-order valence-corrected chi connectivity index (χ4v) is 1.87. The number of nitrogens with two attached hydrogens (primary N) is 1. The molecule has 0 heterocycles. The average molecular weight is 279 g/mol. The third-order valence-corrected chi connectivity index (χ3v) is 2.97. The highest BCUT2D eigenvalue weighted by Crippen LogP contribution is 2.35. The fraction of sp³-hybridized carbons (Fsp3) is 0.133. The molecule has 0 saturated carbocycles. The van der Waals surface area contributed by atoms with Crippen LogP contribution in [0.2, 0.25) is 0 Å². The van der Waals surface area contributed by atoms with Gasteiger partial charge in [0.15, 0.2) is 5.78 Å². The molecule has 0 amide bonds. The summed E-state index contributed by atoms with van der Waals surface area (Å²) in [7, 11) is 0. The number of hydrogen-bond acceptors (Lipinski definition) is 2. The van der Waals surface area contributed by atoms with Crippen LogP contribution in [0, 0.1) is 6.92 Å². The predicted molar refractivity (Wildman–Crippen MR) is 70.5 cm³/mol. The quantitative estimate of drug-likeness (QED) is 0.670. The lowest BCUT2D eigenvalue weighted by Gasteiger charge is -2.13. The van der Waals surface area contributed by atoms with Crippen LogP contribution in [-0.4, -0.2) is 5.78 Å². The molecule has 2 N–H and O–H groups in total. The van der Waals surface area contributed by atoms with Gasteiger partial charge in [0.25, 0.3) is 0 Å². The SMILES string of the molecule is Cc1ccc(C(=O)c2cccc(C(F)(F)F)c2N)cc1. The van der Waals surface area contributed by atoms with Crippen molar-refractivity contribution < 1.29 is 18.0 Å². The summed E-state index contributed by atoms with van der Waals surface area (Å²) < 4.78 is 38.3. The second-order valence-corrected chi connectivity index (χ2v) is 4.46. The lowest BCUT2D eigenvalue weighted by Crippen LogP contribution is -2.13. The van der Waals surface area contributed by atoms with Gasteiger partial charge >= 0.3 is 6.18 Å². The second-order valence-electron chi connectivity index (χ2n) is 4.46. The van der Waals surface area contributed by atoms with Crippen molar-refractivity contribution in [2.45, 2.75) is 13.1 Å². The van der Waals surface area contributed by atoms with Crippen molar-refractivity contribution in [3.8, 4) is 0 Å². The number of benzene rings is 2. The largest absolute Gasteiger partial charge is 0.418 e. The van der Waals surface area contributed by atoms with Gasteiger partial charge in [-0.2, -0.15) is 13.2 Å². The predicted octanol–water partition coefficient (Wildman–Crippen LogP) is 3.83. The van der Waals surface area contributed by atoms with Crippen LogP contribution in [0.15, 0.2) is 42.5 Å². The van der Waals surface area contributed by atoms with Crippen LogP contribution in [0.25, 0.3) is 0 Å². The molecular formula is C15H12F3NO. The molecule has 0 aliphatic rings. The molecule has 0 unspecified atom stereocenters. The van der Waals surface area contributed by atoms with Crippen molar-refractivity contribution in [2.24, 2.45) is 0 Å². The third-order valence-electron chi connectivity index (χ3n) is 2.97. The Morgan fingerprint density at radius 3 is 2.20 bits per heavy atom. The van der Waals surface area contributed by atoms with Crippen LogP contribution in [0.1, 0.15) is 27.0 Å². The standard InChI is InChI=1S/C15H12F3NO/c1-9-5-7-10(8-6-9)14(20)11-3-2-4-12(13(11)19)15(16,17)18/h2-8H,19H2,1H3. The summed E-state index contributed by atoms with van der Waals surface area (Å²) in [6, 6.07) is 9.91. The molecule has 0 radical (unpaired) electrons. The number of nitrogen functional groups attached to an aromatic ring is 1. The van der Waals surface area contributed by atoms with Crippen LogP contribution in [0.3, 0.4) is 0 Å². The van der Waals surface area contributed by atoms with Crippen molar-refractivity contribution >= 4 is 11.5 Å². The molecule has 0 aliphatic carbocycles. The normalized spacial score (nSPS) is 11.4. The van der Waals surface area contributed by atoms with E-state index in [1.807, 2.05) is 6.92 Å². The molecule has 0 aromatic heterocycles. The van der Waals surface area contributed by atoms with Gasteiger partial charge in [0.1, 0.15) is 0 Å². The molecule has 0 spiro atoms. The zero-order chi connectivity index (χ0) is 14.9. The number of carbonyl (C=O) groups is 1. The van der Waals surface area contributed by atoms with Gasteiger partial charge in [-0.3, -0.25) is 4.79 Å². The van der Waals surface area contributed by atoms with Gasteiger partial charge < -0.3 is 5.73 Å². The molecule has 0 saturated heterocycles. The minimum atomic E-state index is -4.58. The van der Waals surface area contributed by atoms with E-state index in [0.29, 0.717) is 5.56 Å². The number of halogens is 3. The van der Waals surface area contributed by atoms with Gasteiger partial charge in [-0.25, -0.2) is 0 Å². The molecule has 0 bridgehead atoms. The van der Waals surface area contributed by atoms with Gasteiger partial charge in [0.05, 0.1) is 11.3 Å². The third kappa shape index (κ3) is 2.66. The minimum Gasteiger partial charge on any atom is -0.398 e. The van der Waals surface area contributed by atoms with E-state index < -0.39 is 23.2 Å². The van der Waals surface area contributed by atoms with Crippen LogP contribution in [-0.2, 0) is 6.18 Å². The van der Waals surface area contributed by atoms with E-state index in [4.69, 9.17) is 5.73 Å². The number of para-hydroxylation sites is 1. The maximum Gasteiger partial charge on any atom is 0.418 e. The highest BCUT2D eigenvalue weighted by atomic mass is 19.4. The number of alkyl halides is 3. The topological polar surface area (TPSA) is 43.1 Å². The maximum atomic E-state index is 12.8. The molecule has 104 valence electrons. The molecule has 20 heavy (non-hydrogen) atoms. The van der Waals surface area contributed by atoms with Crippen LogP contribution >= 0.6 is 0 Å². The van der Waals surface area contributed by atoms with Crippen LogP contribution in [0.4, 0.5) is 18.9 Å². The van der Waals surface area contributed by atoms with Crippen molar-refractivity contribution in [2.75, 3.05) is 5.73 Å². The monoisotopic (exact) mass is 279 g/mol. The van der Waals surface area contributed by atoms with Gasteiger partial charge in [0.2, 0.25) is 0 Å². The fourth-order valence-electron chi connectivity index (χ4n) is 1.87. The van der Waals surface area contributed by atoms with Gasteiger partial charge in [-0.05, 0) is 19.1 Å². The molecular weight excluding hydrogens is 267 g/mol. The molecule has 5 heteroatoms. The smallest absolute Gasteiger partial charge is 0.398 e. The first-order valence-electron chi connectivity index (χ1n) is 5.88. The molecule has 0 fully saturated rings. The summed E-state index contributed by atoms with van der Waals surface area (Å²) in [5.41, 5.74) is 5.10. The molecule has 2 aromatic carbocycles. The summed E-state index contributed by atoms with van der Waals surface area (Å²) in [5.74, 6) is -0.520. The Hall–Kier alpha value is -2.30. The van der Waals surface area contributed by atoms with Crippen LogP contribution < -0.4 is 5.73 Å². The maximum absolute atomic E-state index is 12.8. The average Bonchev–Trinajstić information content (AvgIpc) is 2.37. The lowest BCUT2D eigenvalue weighted by molar-refractivity contribution is -0.136. The van der Waals surface area contributed by atoms with Crippen molar-refractivity contribution in [1.29, 1.82) is 0 Å². The van der Waals surface area contributed by atoms with Crippen molar-refractivity contribution in [1.82, 2.24) is 0 Å². The lowest BCUT2D eigenvalue weighted by atomic mass is 9.98. The van der Waals surface area contributed by atoms with E-state index in [1.54, 1.807) is 24.3 Å². The Morgan fingerprint density at radius 2 is 1.65 bits per heavy atom. The van der Waals surface area contributed by atoms with Crippen molar-refractivity contribution in [3.05, 3.63) is 64.7 Å². The summed E-state index contributed by atoms with van der Waals surface area (Å²) in [6.07, 6.45) is -4.58. The highest BCUT2D eigenvalue weighted by molar-refractivity contribution is 6.12. The van der Waals surface area contributed by atoms with E-state index in [-0.39, 0.29) is 5.56 Å². The van der Waals surface area contributed by atoms with Crippen molar-refractivity contribution in [3.63, 3.8) is 0 Å². The number of aryl methyl sites for hydroxylation is 1. The molecule has 0 aliphatic heterocycles. The van der Waals surface area contributed by atoms with Gasteiger partial charge in [0, 0.05) is 11.1 Å². The first kappa shape index (κ1) is 14.1. The number of rotatable bonds is 2. The number of ketones is 1. The van der Waals surface area contributed by atoms with E-state index in [1.165, 1.54) is 12.1 Å². The zero-order valence-electron chi connectivity index (χ0n) is 10.7. The van der Waals surface area contributed by atoms with E-state index in [9.17, 15) is 18.0 Å². The number of hydrogen-bond donors (Lipinski definition) is 1. The summed E-state index contributed by atoms with van der Waals surface area (Å²) in [5, 5.41) is 0.